The minimum Gasteiger partial charge on any atom is -0.476 e. The standard InChI is InChI=1S/C21H23N3O6S/c1-14(25)23-31(28,29)16-10-8-15(9-11-16)22-19(26)12-13-24-17-6-4-5-7-18(17)30-21(2,3)20(24)27/h4-11H,12-13H2,1-3H3,(H,22,26)(H,23,25). The molecule has 2 aromatic carbocycles. The molecule has 31 heavy (non-hydrogen) atoms. The van der Waals surface area contributed by atoms with E-state index < -0.39 is 21.5 Å². The zero-order chi connectivity index (χ0) is 22.8. The van der Waals surface area contributed by atoms with Gasteiger partial charge >= 0.3 is 0 Å². The second kappa shape index (κ2) is 8.38. The molecule has 0 saturated carbocycles. The third-order valence-electron chi connectivity index (χ3n) is 4.57. The highest BCUT2D eigenvalue weighted by atomic mass is 32.2. The largest absolute Gasteiger partial charge is 0.476 e. The number of hydrogen-bond acceptors (Lipinski definition) is 6. The summed E-state index contributed by atoms with van der Waals surface area (Å²) in [4.78, 5) is 37.6. The summed E-state index contributed by atoms with van der Waals surface area (Å²) in [6.45, 7) is 4.61. The van der Waals surface area contributed by atoms with E-state index in [1.807, 2.05) is 10.8 Å². The number of anilines is 2. The van der Waals surface area contributed by atoms with E-state index in [2.05, 4.69) is 5.32 Å². The Bertz CT molecular complexity index is 1130. The van der Waals surface area contributed by atoms with E-state index in [0.717, 1.165) is 6.92 Å². The first-order valence-corrected chi connectivity index (χ1v) is 11.0. The number of carbonyl (C=O) groups excluding carboxylic acids is 3. The van der Waals surface area contributed by atoms with Gasteiger partial charge in [-0.25, -0.2) is 13.1 Å². The molecule has 3 amide bonds. The molecule has 2 aromatic rings. The van der Waals surface area contributed by atoms with Crippen LogP contribution in [0.4, 0.5) is 11.4 Å². The minimum absolute atomic E-state index is 0.0299. The molecule has 9 nitrogen and oxygen atoms in total. The Labute approximate surface area is 180 Å². The zero-order valence-corrected chi connectivity index (χ0v) is 18.2. The van der Waals surface area contributed by atoms with Crippen molar-refractivity contribution < 1.29 is 27.5 Å². The molecule has 1 aliphatic heterocycles. The van der Waals surface area contributed by atoms with Crippen LogP contribution in [0.5, 0.6) is 5.75 Å². The summed E-state index contributed by atoms with van der Waals surface area (Å²) in [5, 5.41) is 2.67. The monoisotopic (exact) mass is 445 g/mol. The average molecular weight is 445 g/mol. The van der Waals surface area contributed by atoms with Gasteiger partial charge in [0, 0.05) is 25.6 Å². The number of para-hydroxylation sites is 2. The van der Waals surface area contributed by atoms with E-state index in [1.54, 1.807) is 32.0 Å². The van der Waals surface area contributed by atoms with Gasteiger partial charge in [-0.15, -0.1) is 0 Å². The Hall–Kier alpha value is -3.40. The molecule has 3 rings (SSSR count). The number of amides is 3. The molecule has 0 saturated heterocycles. The number of rotatable bonds is 6. The minimum atomic E-state index is -3.94. The molecule has 10 heteroatoms. The number of hydrogen-bond donors (Lipinski definition) is 2. The van der Waals surface area contributed by atoms with Crippen molar-refractivity contribution in [1.29, 1.82) is 0 Å². The van der Waals surface area contributed by atoms with Gasteiger partial charge in [0.1, 0.15) is 5.75 Å². The maximum absolute atomic E-state index is 12.8. The van der Waals surface area contributed by atoms with Gasteiger partial charge in [0.15, 0.2) is 5.60 Å². The fraction of sp³-hybridized carbons (Fsp3) is 0.286. The number of ether oxygens (including phenoxy) is 1. The maximum atomic E-state index is 12.8. The lowest BCUT2D eigenvalue weighted by molar-refractivity contribution is -0.132. The summed E-state index contributed by atoms with van der Waals surface area (Å²) in [5.41, 5.74) is -0.0481. The number of fused-ring (bicyclic) bond motifs is 1. The van der Waals surface area contributed by atoms with Gasteiger partial charge in [-0.1, -0.05) is 12.1 Å². The molecule has 0 fully saturated rings. The Morgan fingerprint density at radius 2 is 1.71 bits per heavy atom. The molecule has 0 atom stereocenters. The van der Waals surface area contributed by atoms with Crippen LogP contribution < -0.4 is 19.7 Å². The maximum Gasteiger partial charge on any atom is 0.270 e. The van der Waals surface area contributed by atoms with Gasteiger partial charge in [-0.3, -0.25) is 14.4 Å². The van der Waals surface area contributed by atoms with Gasteiger partial charge in [0.2, 0.25) is 11.8 Å². The van der Waals surface area contributed by atoms with Crippen molar-refractivity contribution in [2.75, 3.05) is 16.8 Å². The van der Waals surface area contributed by atoms with Crippen LogP contribution in [0.3, 0.4) is 0 Å². The molecule has 164 valence electrons. The van der Waals surface area contributed by atoms with Crippen LogP contribution in [0.2, 0.25) is 0 Å². The molecular weight excluding hydrogens is 422 g/mol. The van der Waals surface area contributed by atoms with Crippen LogP contribution in [-0.2, 0) is 24.4 Å². The molecule has 0 radical (unpaired) electrons. The molecule has 0 spiro atoms. The van der Waals surface area contributed by atoms with Crippen molar-refractivity contribution in [2.24, 2.45) is 0 Å². The van der Waals surface area contributed by atoms with Gasteiger partial charge < -0.3 is 15.0 Å². The van der Waals surface area contributed by atoms with Crippen LogP contribution in [0.25, 0.3) is 0 Å². The lowest BCUT2D eigenvalue weighted by Gasteiger charge is -2.38. The number of benzene rings is 2. The van der Waals surface area contributed by atoms with Gasteiger partial charge in [-0.05, 0) is 50.2 Å². The first kappa shape index (κ1) is 22.3. The lowest BCUT2D eigenvalue weighted by atomic mass is 10.0. The average Bonchev–Trinajstić information content (AvgIpc) is 2.67. The van der Waals surface area contributed by atoms with Crippen LogP contribution >= 0.6 is 0 Å². The fourth-order valence-corrected chi connectivity index (χ4v) is 4.13. The summed E-state index contributed by atoms with van der Waals surface area (Å²) in [6, 6.07) is 12.5. The molecule has 0 aliphatic carbocycles. The number of nitrogens with one attached hydrogen (secondary N) is 2. The second-order valence-corrected chi connectivity index (χ2v) is 9.20. The van der Waals surface area contributed by atoms with Gasteiger partial charge in [-0.2, -0.15) is 0 Å². The van der Waals surface area contributed by atoms with E-state index in [4.69, 9.17) is 4.74 Å². The van der Waals surface area contributed by atoms with Crippen molar-refractivity contribution in [1.82, 2.24) is 4.72 Å². The number of nitrogens with zero attached hydrogens (tertiary/aromatic N) is 1. The second-order valence-electron chi connectivity index (χ2n) is 7.52. The lowest BCUT2D eigenvalue weighted by Crippen LogP contribution is -2.53. The molecule has 2 N–H and O–H groups in total. The molecule has 0 bridgehead atoms. The van der Waals surface area contributed by atoms with Crippen LogP contribution in [0, 0.1) is 0 Å². The summed E-state index contributed by atoms with van der Waals surface area (Å²) >= 11 is 0. The third kappa shape index (κ3) is 5.02. The topological polar surface area (TPSA) is 122 Å². The highest BCUT2D eigenvalue weighted by Crippen LogP contribution is 2.37. The highest BCUT2D eigenvalue weighted by Gasteiger charge is 2.40. The van der Waals surface area contributed by atoms with Crippen molar-refractivity contribution in [3.63, 3.8) is 0 Å². The molecule has 1 heterocycles. The Morgan fingerprint density at radius 1 is 1.06 bits per heavy atom. The predicted molar refractivity (Wildman–Crippen MR) is 114 cm³/mol. The van der Waals surface area contributed by atoms with Gasteiger partial charge in [0.25, 0.3) is 15.9 Å². The number of sulfonamides is 1. The van der Waals surface area contributed by atoms with Crippen LogP contribution in [0.1, 0.15) is 27.2 Å². The third-order valence-corrected chi connectivity index (χ3v) is 6.02. The van der Waals surface area contributed by atoms with Crippen LogP contribution in [-0.4, -0.2) is 38.3 Å². The quantitative estimate of drug-likeness (QED) is 0.702. The molecule has 0 unspecified atom stereocenters. The van der Waals surface area contributed by atoms with Gasteiger partial charge in [0.05, 0.1) is 10.6 Å². The highest BCUT2D eigenvalue weighted by molar-refractivity contribution is 7.90. The zero-order valence-electron chi connectivity index (χ0n) is 17.3. The van der Waals surface area contributed by atoms with E-state index in [1.165, 1.54) is 29.2 Å². The number of carbonyl (C=O) groups is 3. The Kier molecular flexibility index (Phi) is 6.03. The fourth-order valence-electron chi connectivity index (χ4n) is 3.14. The predicted octanol–water partition coefficient (Wildman–Crippen LogP) is 2.04. The Balaban J connectivity index is 1.65. The molecule has 1 aliphatic rings. The van der Waals surface area contributed by atoms with Crippen molar-refractivity contribution >= 4 is 39.1 Å². The van der Waals surface area contributed by atoms with Crippen LogP contribution in [0.15, 0.2) is 53.4 Å². The summed E-state index contributed by atoms with van der Waals surface area (Å²) in [6.07, 6.45) is 0.0299. The smallest absolute Gasteiger partial charge is 0.270 e. The van der Waals surface area contributed by atoms with E-state index in [9.17, 15) is 22.8 Å². The summed E-state index contributed by atoms with van der Waals surface area (Å²) in [7, 11) is -3.94. The SMILES string of the molecule is CC(=O)NS(=O)(=O)c1ccc(NC(=O)CCN2C(=O)C(C)(C)Oc3ccccc32)cc1. The molecule has 0 aromatic heterocycles. The Morgan fingerprint density at radius 3 is 2.35 bits per heavy atom. The first-order chi connectivity index (χ1) is 14.5. The normalized spacial score (nSPS) is 14.9. The summed E-state index contributed by atoms with van der Waals surface area (Å²) in [5.74, 6) is -0.707. The summed E-state index contributed by atoms with van der Waals surface area (Å²) < 4.78 is 31.6. The van der Waals surface area contributed by atoms with Crippen molar-refractivity contribution in [3.8, 4) is 5.75 Å². The van der Waals surface area contributed by atoms with E-state index >= 15 is 0 Å². The van der Waals surface area contributed by atoms with Crippen molar-refractivity contribution in [2.45, 2.75) is 37.7 Å². The van der Waals surface area contributed by atoms with E-state index in [-0.39, 0.29) is 29.7 Å². The first-order valence-electron chi connectivity index (χ1n) is 9.53. The molecular formula is C21H23N3O6S. The van der Waals surface area contributed by atoms with Crippen molar-refractivity contribution in [3.05, 3.63) is 48.5 Å². The van der Waals surface area contributed by atoms with E-state index in [0.29, 0.717) is 17.1 Å².